The molecule has 0 aliphatic heterocycles. The second-order valence-corrected chi connectivity index (χ2v) is 5.48. The van der Waals surface area contributed by atoms with Crippen molar-refractivity contribution in [2.24, 2.45) is 5.73 Å². The SMILES string of the molecule is CC(CC(=O)Nc1ccc(OCCN)cc1)c1ccc(F)cc1F.Cl. The molecule has 0 fully saturated rings. The molecule has 2 aromatic rings. The summed E-state index contributed by atoms with van der Waals surface area (Å²) in [5, 5.41) is 2.74. The van der Waals surface area contributed by atoms with Crippen molar-refractivity contribution < 1.29 is 18.3 Å². The maximum atomic E-state index is 13.7. The Balaban J connectivity index is 0.00000312. The summed E-state index contributed by atoms with van der Waals surface area (Å²) in [5.41, 5.74) is 6.29. The summed E-state index contributed by atoms with van der Waals surface area (Å²) >= 11 is 0. The Morgan fingerprint density at radius 1 is 1.20 bits per heavy atom. The number of nitrogens with two attached hydrogens (primary N) is 1. The van der Waals surface area contributed by atoms with Gasteiger partial charge in [-0.3, -0.25) is 4.79 Å². The Labute approximate surface area is 151 Å². The van der Waals surface area contributed by atoms with Gasteiger partial charge in [-0.05, 0) is 41.8 Å². The number of hydrogen-bond donors (Lipinski definition) is 2. The van der Waals surface area contributed by atoms with Crippen molar-refractivity contribution in [2.75, 3.05) is 18.5 Å². The molecule has 25 heavy (non-hydrogen) atoms. The first-order valence-electron chi connectivity index (χ1n) is 7.67. The van der Waals surface area contributed by atoms with Gasteiger partial charge in [0.05, 0.1) is 0 Å². The highest BCUT2D eigenvalue weighted by atomic mass is 35.5. The average molecular weight is 371 g/mol. The Kier molecular flexibility index (Phi) is 8.31. The molecule has 0 bridgehead atoms. The van der Waals surface area contributed by atoms with E-state index in [4.69, 9.17) is 10.5 Å². The third-order valence-electron chi connectivity index (χ3n) is 3.51. The highest BCUT2D eigenvalue weighted by Gasteiger charge is 2.15. The zero-order valence-corrected chi connectivity index (χ0v) is 14.6. The second-order valence-electron chi connectivity index (χ2n) is 5.48. The first-order valence-corrected chi connectivity index (χ1v) is 7.67. The van der Waals surface area contributed by atoms with E-state index in [1.165, 1.54) is 12.1 Å². The summed E-state index contributed by atoms with van der Waals surface area (Å²) < 4.78 is 32.0. The zero-order valence-electron chi connectivity index (χ0n) is 13.8. The molecule has 2 aromatic carbocycles. The van der Waals surface area contributed by atoms with Crippen LogP contribution < -0.4 is 15.8 Å². The van der Waals surface area contributed by atoms with E-state index in [1.807, 2.05) is 0 Å². The molecule has 136 valence electrons. The van der Waals surface area contributed by atoms with Gasteiger partial charge in [-0.15, -0.1) is 12.4 Å². The van der Waals surface area contributed by atoms with Crippen LogP contribution in [-0.4, -0.2) is 19.1 Å². The highest BCUT2D eigenvalue weighted by Crippen LogP contribution is 2.23. The molecule has 0 aliphatic carbocycles. The molecular weight excluding hydrogens is 350 g/mol. The number of hydrogen-bond acceptors (Lipinski definition) is 3. The van der Waals surface area contributed by atoms with Crippen LogP contribution in [-0.2, 0) is 4.79 Å². The molecule has 2 rings (SSSR count). The van der Waals surface area contributed by atoms with Crippen molar-refractivity contribution in [1.29, 1.82) is 0 Å². The summed E-state index contributed by atoms with van der Waals surface area (Å²) in [5.74, 6) is -1.22. The highest BCUT2D eigenvalue weighted by molar-refractivity contribution is 5.91. The maximum absolute atomic E-state index is 13.7. The summed E-state index contributed by atoms with van der Waals surface area (Å²) in [6.07, 6.45) is 0.0912. The lowest BCUT2D eigenvalue weighted by atomic mass is 9.97. The molecule has 0 saturated heterocycles. The first kappa shape index (κ1) is 20.9. The quantitative estimate of drug-likeness (QED) is 0.778. The molecule has 4 nitrogen and oxygen atoms in total. The normalized spacial score (nSPS) is 11.4. The van der Waals surface area contributed by atoms with Crippen molar-refractivity contribution in [3.05, 3.63) is 59.7 Å². The number of halogens is 3. The van der Waals surface area contributed by atoms with E-state index < -0.39 is 11.6 Å². The van der Waals surface area contributed by atoms with Gasteiger partial charge in [-0.2, -0.15) is 0 Å². The topological polar surface area (TPSA) is 64.3 Å². The molecule has 1 unspecified atom stereocenters. The van der Waals surface area contributed by atoms with Crippen LogP contribution in [0, 0.1) is 11.6 Å². The van der Waals surface area contributed by atoms with Crippen molar-refractivity contribution in [2.45, 2.75) is 19.3 Å². The fourth-order valence-corrected chi connectivity index (χ4v) is 2.31. The molecule has 0 heterocycles. The lowest BCUT2D eigenvalue weighted by molar-refractivity contribution is -0.116. The van der Waals surface area contributed by atoms with Crippen molar-refractivity contribution in [1.82, 2.24) is 0 Å². The van der Waals surface area contributed by atoms with E-state index in [2.05, 4.69) is 5.32 Å². The van der Waals surface area contributed by atoms with Gasteiger partial charge < -0.3 is 15.8 Å². The van der Waals surface area contributed by atoms with E-state index in [1.54, 1.807) is 31.2 Å². The minimum absolute atomic E-state index is 0. The number of benzene rings is 2. The molecule has 0 aromatic heterocycles. The Bertz CT molecular complexity index is 696. The standard InChI is InChI=1S/C18H20F2N2O2.ClH/c1-12(16-7-2-13(19)11-17(16)20)10-18(23)22-14-3-5-15(6-4-14)24-9-8-21;/h2-7,11-12H,8-10,21H2,1H3,(H,22,23);1H. The van der Waals surface area contributed by atoms with Crippen LogP contribution in [0.3, 0.4) is 0 Å². The molecule has 1 atom stereocenters. The smallest absolute Gasteiger partial charge is 0.224 e. The Hall–Kier alpha value is -2.18. The van der Waals surface area contributed by atoms with Crippen LogP contribution in [0.5, 0.6) is 5.75 Å². The van der Waals surface area contributed by atoms with Gasteiger partial charge in [0.2, 0.25) is 5.91 Å². The average Bonchev–Trinajstić information content (AvgIpc) is 2.54. The Morgan fingerprint density at radius 2 is 1.88 bits per heavy atom. The van der Waals surface area contributed by atoms with Crippen LogP contribution in [0.15, 0.2) is 42.5 Å². The molecule has 0 radical (unpaired) electrons. The number of rotatable bonds is 7. The Morgan fingerprint density at radius 3 is 2.48 bits per heavy atom. The van der Waals surface area contributed by atoms with Gasteiger partial charge in [-0.1, -0.05) is 13.0 Å². The maximum Gasteiger partial charge on any atom is 0.224 e. The fourth-order valence-electron chi connectivity index (χ4n) is 2.31. The van der Waals surface area contributed by atoms with E-state index in [0.29, 0.717) is 30.2 Å². The second kappa shape index (κ2) is 9.96. The predicted octanol–water partition coefficient (Wildman–Crippen LogP) is 3.86. The summed E-state index contributed by atoms with van der Waals surface area (Å²) in [4.78, 5) is 12.1. The molecule has 0 saturated carbocycles. The number of ether oxygens (including phenoxy) is 1. The molecule has 0 spiro atoms. The van der Waals surface area contributed by atoms with Gasteiger partial charge in [0.15, 0.2) is 0 Å². The van der Waals surface area contributed by atoms with Crippen LogP contribution in [0.2, 0.25) is 0 Å². The lowest BCUT2D eigenvalue weighted by Crippen LogP contribution is -2.15. The van der Waals surface area contributed by atoms with Gasteiger partial charge in [0, 0.05) is 24.7 Å². The summed E-state index contributed by atoms with van der Waals surface area (Å²) in [6.45, 7) is 2.57. The van der Waals surface area contributed by atoms with Crippen LogP contribution in [0.4, 0.5) is 14.5 Å². The minimum atomic E-state index is -0.642. The van der Waals surface area contributed by atoms with Crippen molar-refractivity contribution in [3.63, 3.8) is 0 Å². The number of anilines is 1. The zero-order chi connectivity index (χ0) is 17.5. The third-order valence-corrected chi connectivity index (χ3v) is 3.51. The number of carbonyl (C=O) groups is 1. The predicted molar refractivity (Wildman–Crippen MR) is 96.3 cm³/mol. The molecule has 7 heteroatoms. The number of nitrogens with one attached hydrogen (secondary N) is 1. The summed E-state index contributed by atoms with van der Waals surface area (Å²) in [6, 6.07) is 10.3. The monoisotopic (exact) mass is 370 g/mol. The van der Waals surface area contributed by atoms with Crippen molar-refractivity contribution >= 4 is 24.0 Å². The van der Waals surface area contributed by atoms with E-state index in [0.717, 1.165) is 6.07 Å². The van der Waals surface area contributed by atoms with Gasteiger partial charge in [0.1, 0.15) is 24.0 Å². The first-order chi connectivity index (χ1) is 11.5. The van der Waals surface area contributed by atoms with E-state index >= 15 is 0 Å². The molecular formula is C18H21ClF2N2O2. The molecule has 1 amide bonds. The van der Waals surface area contributed by atoms with Gasteiger partial charge >= 0.3 is 0 Å². The largest absolute Gasteiger partial charge is 0.492 e. The molecule has 0 aliphatic rings. The number of carbonyl (C=O) groups excluding carboxylic acids is 1. The fraction of sp³-hybridized carbons (Fsp3) is 0.278. The minimum Gasteiger partial charge on any atom is -0.492 e. The van der Waals surface area contributed by atoms with E-state index in [9.17, 15) is 13.6 Å². The van der Waals surface area contributed by atoms with Gasteiger partial charge in [0.25, 0.3) is 0 Å². The summed E-state index contributed by atoms with van der Waals surface area (Å²) in [7, 11) is 0. The van der Waals surface area contributed by atoms with Crippen molar-refractivity contribution in [3.8, 4) is 5.75 Å². The van der Waals surface area contributed by atoms with Gasteiger partial charge in [-0.25, -0.2) is 8.78 Å². The molecule has 3 N–H and O–H groups in total. The van der Waals surface area contributed by atoms with Crippen LogP contribution >= 0.6 is 12.4 Å². The third kappa shape index (κ3) is 6.32. The van der Waals surface area contributed by atoms with Crippen LogP contribution in [0.1, 0.15) is 24.8 Å². The van der Waals surface area contributed by atoms with Crippen LogP contribution in [0.25, 0.3) is 0 Å². The van der Waals surface area contributed by atoms with E-state index in [-0.39, 0.29) is 30.7 Å². The lowest BCUT2D eigenvalue weighted by Gasteiger charge is -2.13. The number of amides is 1.